The van der Waals surface area contributed by atoms with Gasteiger partial charge in [-0.25, -0.2) is 4.39 Å². The fourth-order valence-electron chi connectivity index (χ4n) is 1.62. The molecule has 0 heterocycles. The van der Waals surface area contributed by atoms with Gasteiger partial charge in [0, 0.05) is 12.5 Å². The first-order valence-electron chi connectivity index (χ1n) is 6.46. The number of hydrogen-bond donors (Lipinski definition) is 2. The van der Waals surface area contributed by atoms with Crippen molar-refractivity contribution in [2.24, 2.45) is 5.73 Å². The van der Waals surface area contributed by atoms with E-state index < -0.39 is 11.9 Å². The van der Waals surface area contributed by atoms with Gasteiger partial charge in [0.15, 0.2) is 0 Å². The molecule has 3 N–H and O–H groups in total. The number of amides is 1. The van der Waals surface area contributed by atoms with E-state index in [-0.39, 0.29) is 5.82 Å². The molecule has 5 heteroatoms. The molecule has 1 aromatic rings. The molecule has 1 amide bonds. The van der Waals surface area contributed by atoms with Crippen LogP contribution in [0.5, 0.6) is 5.75 Å². The maximum Gasteiger partial charge on any atom is 0.234 e. The van der Waals surface area contributed by atoms with Gasteiger partial charge >= 0.3 is 0 Å². The predicted octanol–water partition coefficient (Wildman–Crippen LogP) is 1.76. The average Bonchev–Trinajstić information content (AvgIpc) is 2.37. The molecule has 1 unspecified atom stereocenters. The molecule has 0 saturated carbocycles. The van der Waals surface area contributed by atoms with Crippen LogP contribution in [0.15, 0.2) is 18.2 Å². The summed E-state index contributed by atoms with van der Waals surface area (Å²) in [4.78, 5) is 11.2. The van der Waals surface area contributed by atoms with Crippen molar-refractivity contribution in [1.82, 2.24) is 5.32 Å². The highest BCUT2D eigenvalue weighted by atomic mass is 19.1. The predicted molar refractivity (Wildman–Crippen MR) is 72.5 cm³/mol. The lowest BCUT2D eigenvalue weighted by molar-refractivity contribution is -0.120. The van der Waals surface area contributed by atoms with E-state index in [1.54, 1.807) is 19.1 Å². The van der Waals surface area contributed by atoms with Gasteiger partial charge in [-0.15, -0.1) is 0 Å². The zero-order valence-corrected chi connectivity index (χ0v) is 11.4. The van der Waals surface area contributed by atoms with E-state index in [1.165, 1.54) is 6.07 Å². The Bertz CT molecular complexity index is 424. The number of hydrogen-bond acceptors (Lipinski definition) is 3. The normalized spacial score (nSPS) is 12.2. The second-order valence-electron chi connectivity index (χ2n) is 4.46. The fourth-order valence-corrected chi connectivity index (χ4v) is 1.62. The van der Waals surface area contributed by atoms with Crippen molar-refractivity contribution in [2.75, 3.05) is 13.2 Å². The average molecular weight is 268 g/mol. The lowest BCUT2D eigenvalue weighted by atomic mass is 10.2. The Hall–Kier alpha value is -1.62. The van der Waals surface area contributed by atoms with Gasteiger partial charge in [-0.1, -0.05) is 13.0 Å². The van der Waals surface area contributed by atoms with E-state index in [9.17, 15) is 9.18 Å². The standard InChI is InChI=1S/C14H21FN2O2/c1-3-7-17-13(14(16)18)6-8-19-11-5-4-10(2)12(15)9-11/h4-5,9,13,17H,3,6-8H2,1-2H3,(H2,16,18). The van der Waals surface area contributed by atoms with E-state index in [0.29, 0.717) is 24.3 Å². The number of ether oxygens (including phenoxy) is 1. The number of primary amides is 1. The van der Waals surface area contributed by atoms with E-state index in [2.05, 4.69) is 5.32 Å². The summed E-state index contributed by atoms with van der Waals surface area (Å²) >= 11 is 0. The van der Waals surface area contributed by atoms with Gasteiger partial charge in [0.05, 0.1) is 12.6 Å². The monoisotopic (exact) mass is 268 g/mol. The third-order valence-corrected chi connectivity index (χ3v) is 2.80. The van der Waals surface area contributed by atoms with Crippen molar-refractivity contribution >= 4 is 5.91 Å². The molecule has 0 bridgehead atoms. The molecular weight excluding hydrogens is 247 g/mol. The molecular formula is C14H21FN2O2. The number of halogens is 1. The second-order valence-corrected chi connectivity index (χ2v) is 4.46. The number of carbonyl (C=O) groups is 1. The lowest BCUT2D eigenvalue weighted by Gasteiger charge is -2.15. The van der Waals surface area contributed by atoms with Gasteiger partial charge in [-0.05, 0) is 31.5 Å². The summed E-state index contributed by atoms with van der Waals surface area (Å²) in [5.41, 5.74) is 5.86. The molecule has 0 aromatic heterocycles. The first-order valence-corrected chi connectivity index (χ1v) is 6.46. The van der Waals surface area contributed by atoms with Crippen molar-refractivity contribution in [2.45, 2.75) is 32.7 Å². The fraction of sp³-hybridized carbons (Fsp3) is 0.500. The molecule has 4 nitrogen and oxygen atoms in total. The first kappa shape index (κ1) is 15.4. The minimum absolute atomic E-state index is 0.298. The Morgan fingerprint density at radius 3 is 2.84 bits per heavy atom. The maximum atomic E-state index is 13.3. The van der Waals surface area contributed by atoms with Crippen LogP contribution in [0.2, 0.25) is 0 Å². The Morgan fingerprint density at radius 2 is 2.26 bits per heavy atom. The van der Waals surface area contributed by atoms with Crippen LogP contribution in [0, 0.1) is 12.7 Å². The van der Waals surface area contributed by atoms with Gasteiger partial charge in [-0.3, -0.25) is 4.79 Å². The number of aryl methyl sites for hydroxylation is 1. The van der Waals surface area contributed by atoms with Crippen molar-refractivity contribution in [3.63, 3.8) is 0 Å². The maximum absolute atomic E-state index is 13.3. The summed E-state index contributed by atoms with van der Waals surface area (Å²) in [5, 5.41) is 3.05. The Kier molecular flexibility index (Phi) is 6.29. The Morgan fingerprint density at radius 1 is 1.53 bits per heavy atom. The molecule has 106 valence electrons. The Labute approximate surface area is 113 Å². The molecule has 0 fully saturated rings. The van der Waals surface area contributed by atoms with Gasteiger partial charge < -0.3 is 15.8 Å². The van der Waals surface area contributed by atoms with Crippen LogP contribution in [-0.2, 0) is 4.79 Å². The van der Waals surface area contributed by atoms with Crippen LogP contribution in [0.1, 0.15) is 25.3 Å². The second kappa shape index (κ2) is 7.74. The SMILES string of the molecule is CCCNC(CCOc1ccc(C)c(F)c1)C(N)=O. The van der Waals surface area contributed by atoms with Crippen LogP contribution in [0.4, 0.5) is 4.39 Å². The van der Waals surface area contributed by atoms with Crippen molar-refractivity contribution in [1.29, 1.82) is 0 Å². The summed E-state index contributed by atoms with van der Waals surface area (Å²) in [6.45, 7) is 4.74. The molecule has 19 heavy (non-hydrogen) atoms. The van der Waals surface area contributed by atoms with E-state index in [4.69, 9.17) is 10.5 Å². The van der Waals surface area contributed by atoms with Gasteiger partial charge in [0.25, 0.3) is 0 Å². The van der Waals surface area contributed by atoms with Crippen LogP contribution in [0.3, 0.4) is 0 Å². The zero-order chi connectivity index (χ0) is 14.3. The van der Waals surface area contributed by atoms with Crippen LogP contribution < -0.4 is 15.8 Å². The van der Waals surface area contributed by atoms with Crippen molar-refractivity contribution in [3.05, 3.63) is 29.6 Å². The van der Waals surface area contributed by atoms with Gasteiger partial charge in [0.1, 0.15) is 11.6 Å². The number of nitrogens with one attached hydrogen (secondary N) is 1. The van der Waals surface area contributed by atoms with Gasteiger partial charge in [0.2, 0.25) is 5.91 Å². The molecule has 0 saturated heterocycles. The molecule has 1 atom stereocenters. The van der Waals surface area contributed by atoms with E-state index >= 15 is 0 Å². The highest BCUT2D eigenvalue weighted by Gasteiger charge is 2.14. The summed E-state index contributed by atoms with van der Waals surface area (Å²) in [7, 11) is 0. The molecule has 0 aliphatic rings. The molecule has 1 rings (SSSR count). The molecule has 0 aliphatic carbocycles. The third kappa shape index (κ3) is 5.26. The third-order valence-electron chi connectivity index (χ3n) is 2.80. The van der Waals surface area contributed by atoms with Crippen LogP contribution in [-0.4, -0.2) is 25.1 Å². The highest BCUT2D eigenvalue weighted by Crippen LogP contribution is 2.16. The highest BCUT2D eigenvalue weighted by molar-refractivity contribution is 5.79. The van der Waals surface area contributed by atoms with Crippen LogP contribution >= 0.6 is 0 Å². The smallest absolute Gasteiger partial charge is 0.234 e. The van der Waals surface area contributed by atoms with E-state index in [1.807, 2.05) is 6.92 Å². The van der Waals surface area contributed by atoms with Crippen LogP contribution in [0.25, 0.3) is 0 Å². The lowest BCUT2D eigenvalue weighted by Crippen LogP contribution is -2.42. The number of nitrogens with two attached hydrogens (primary N) is 1. The minimum atomic E-state index is -0.407. The van der Waals surface area contributed by atoms with Crippen molar-refractivity contribution < 1.29 is 13.9 Å². The topological polar surface area (TPSA) is 64.3 Å². The quantitative estimate of drug-likeness (QED) is 0.755. The number of rotatable bonds is 8. The van der Waals surface area contributed by atoms with Gasteiger partial charge in [-0.2, -0.15) is 0 Å². The zero-order valence-electron chi connectivity index (χ0n) is 11.4. The minimum Gasteiger partial charge on any atom is -0.493 e. The van der Waals surface area contributed by atoms with Crippen molar-refractivity contribution in [3.8, 4) is 5.75 Å². The summed E-state index contributed by atoms with van der Waals surface area (Å²) in [6.07, 6.45) is 1.39. The first-order chi connectivity index (χ1) is 9.04. The summed E-state index contributed by atoms with van der Waals surface area (Å²) < 4.78 is 18.7. The molecule has 0 spiro atoms. The summed E-state index contributed by atoms with van der Waals surface area (Å²) in [5.74, 6) is -0.234. The molecule has 0 aliphatic heterocycles. The molecule has 1 aromatic carbocycles. The number of carbonyl (C=O) groups excluding carboxylic acids is 1. The van der Waals surface area contributed by atoms with E-state index in [0.717, 1.165) is 13.0 Å². The molecule has 0 radical (unpaired) electrons. The Balaban J connectivity index is 2.42. The summed E-state index contributed by atoms with van der Waals surface area (Å²) in [6, 6.07) is 4.30. The number of benzene rings is 1. The largest absolute Gasteiger partial charge is 0.493 e.